The van der Waals surface area contributed by atoms with Crippen molar-refractivity contribution >= 4 is 6.03 Å². The highest BCUT2D eigenvalue weighted by atomic mass is 19.2. The van der Waals surface area contributed by atoms with E-state index in [0.29, 0.717) is 5.56 Å². The SMILES string of the molecule is O=C1NC=CC(c2ccc(F)c(F)c2)N1. The molecule has 0 saturated heterocycles. The molecule has 2 rings (SSSR count). The molecule has 0 aromatic heterocycles. The average molecular weight is 210 g/mol. The monoisotopic (exact) mass is 210 g/mol. The Bertz CT molecular complexity index is 431. The molecular weight excluding hydrogens is 202 g/mol. The van der Waals surface area contributed by atoms with E-state index in [2.05, 4.69) is 10.6 Å². The molecule has 0 radical (unpaired) electrons. The summed E-state index contributed by atoms with van der Waals surface area (Å²) in [7, 11) is 0. The lowest BCUT2D eigenvalue weighted by molar-refractivity contribution is 0.240. The second-order valence-corrected chi connectivity index (χ2v) is 3.13. The molecule has 2 amide bonds. The zero-order chi connectivity index (χ0) is 10.8. The molecule has 0 fully saturated rings. The minimum absolute atomic E-state index is 0.368. The molecule has 15 heavy (non-hydrogen) atoms. The summed E-state index contributed by atoms with van der Waals surface area (Å²) in [6.45, 7) is 0. The van der Waals surface area contributed by atoms with Crippen molar-refractivity contribution in [3.05, 3.63) is 47.7 Å². The Kier molecular flexibility index (Phi) is 2.37. The molecule has 0 saturated carbocycles. The fourth-order valence-electron chi connectivity index (χ4n) is 1.35. The van der Waals surface area contributed by atoms with Gasteiger partial charge in [0.2, 0.25) is 0 Å². The van der Waals surface area contributed by atoms with Gasteiger partial charge in [-0.1, -0.05) is 6.07 Å². The van der Waals surface area contributed by atoms with Crippen molar-refractivity contribution < 1.29 is 13.6 Å². The van der Waals surface area contributed by atoms with E-state index in [1.165, 1.54) is 12.3 Å². The summed E-state index contributed by atoms with van der Waals surface area (Å²) in [6.07, 6.45) is 3.11. The lowest BCUT2D eigenvalue weighted by Crippen LogP contribution is -2.38. The maximum atomic E-state index is 12.9. The van der Waals surface area contributed by atoms with Crippen molar-refractivity contribution in [1.29, 1.82) is 0 Å². The van der Waals surface area contributed by atoms with E-state index in [1.54, 1.807) is 6.08 Å². The van der Waals surface area contributed by atoms with Crippen LogP contribution in [0.2, 0.25) is 0 Å². The molecule has 1 aromatic rings. The van der Waals surface area contributed by atoms with Crippen LogP contribution < -0.4 is 10.6 Å². The predicted molar refractivity (Wildman–Crippen MR) is 49.9 cm³/mol. The number of benzene rings is 1. The van der Waals surface area contributed by atoms with Gasteiger partial charge in [0.25, 0.3) is 0 Å². The van der Waals surface area contributed by atoms with Crippen molar-refractivity contribution in [1.82, 2.24) is 10.6 Å². The summed E-state index contributed by atoms with van der Waals surface area (Å²) in [5, 5.41) is 4.96. The second-order valence-electron chi connectivity index (χ2n) is 3.13. The minimum atomic E-state index is -0.923. The van der Waals surface area contributed by atoms with Gasteiger partial charge in [-0.3, -0.25) is 0 Å². The number of urea groups is 1. The van der Waals surface area contributed by atoms with Gasteiger partial charge in [-0.15, -0.1) is 0 Å². The first-order chi connectivity index (χ1) is 7.16. The van der Waals surface area contributed by atoms with Crippen LogP contribution in [0.5, 0.6) is 0 Å². The molecule has 1 aliphatic heterocycles. The van der Waals surface area contributed by atoms with Crippen LogP contribution >= 0.6 is 0 Å². The molecule has 1 atom stereocenters. The van der Waals surface area contributed by atoms with Gasteiger partial charge in [-0.25, -0.2) is 13.6 Å². The summed E-state index contributed by atoms with van der Waals surface area (Å²) in [5.41, 5.74) is 0.500. The van der Waals surface area contributed by atoms with E-state index in [4.69, 9.17) is 0 Å². The van der Waals surface area contributed by atoms with E-state index in [0.717, 1.165) is 12.1 Å². The van der Waals surface area contributed by atoms with E-state index < -0.39 is 17.7 Å². The molecule has 1 aromatic carbocycles. The van der Waals surface area contributed by atoms with Gasteiger partial charge in [-0.2, -0.15) is 0 Å². The zero-order valence-corrected chi connectivity index (χ0v) is 7.63. The second kappa shape index (κ2) is 3.68. The maximum Gasteiger partial charge on any atom is 0.319 e. The number of rotatable bonds is 1. The van der Waals surface area contributed by atoms with Crippen molar-refractivity contribution in [2.24, 2.45) is 0 Å². The molecule has 1 heterocycles. The third-order valence-corrected chi connectivity index (χ3v) is 2.09. The van der Waals surface area contributed by atoms with E-state index in [1.807, 2.05) is 0 Å². The standard InChI is InChI=1S/C10H8F2N2O/c11-7-2-1-6(5-8(7)12)9-3-4-13-10(15)14-9/h1-5,9H,(H2,13,14,15). The number of carbonyl (C=O) groups is 1. The van der Waals surface area contributed by atoms with Gasteiger partial charge in [-0.05, 0) is 23.8 Å². The Morgan fingerprint density at radius 3 is 2.67 bits per heavy atom. The predicted octanol–water partition coefficient (Wildman–Crippen LogP) is 1.83. The fraction of sp³-hybridized carbons (Fsp3) is 0.100. The van der Waals surface area contributed by atoms with Crippen LogP contribution in [0, 0.1) is 11.6 Å². The lowest BCUT2D eigenvalue weighted by atomic mass is 10.1. The highest BCUT2D eigenvalue weighted by Crippen LogP contribution is 2.18. The molecule has 1 unspecified atom stereocenters. The normalized spacial score (nSPS) is 19.6. The number of nitrogens with one attached hydrogen (secondary N) is 2. The number of hydrogen-bond acceptors (Lipinski definition) is 1. The largest absolute Gasteiger partial charge is 0.328 e. The molecular formula is C10H8F2N2O. The molecule has 5 heteroatoms. The van der Waals surface area contributed by atoms with Crippen molar-refractivity contribution in [2.75, 3.05) is 0 Å². The minimum Gasteiger partial charge on any atom is -0.328 e. The molecule has 78 valence electrons. The molecule has 0 spiro atoms. The molecule has 0 bridgehead atoms. The van der Waals surface area contributed by atoms with Crippen molar-refractivity contribution in [3.63, 3.8) is 0 Å². The van der Waals surface area contributed by atoms with Gasteiger partial charge in [0, 0.05) is 6.20 Å². The highest BCUT2D eigenvalue weighted by molar-refractivity contribution is 5.77. The molecule has 1 aliphatic rings. The van der Waals surface area contributed by atoms with Crippen molar-refractivity contribution in [3.8, 4) is 0 Å². The summed E-state index contributed by atoms with van der Waals surface area (Å²) in [4.78, 5) is 11.0. The fourth-order valence-corrected chi connectivity index (χ4v) is 1.35. The number of amides is 2. The smallest absolute Gasteiger partial charge is 0.319 e. The number of halogens is 2. The first kappa shape index (κ1) is 9.64. The summed E-state index contributed by atoms with van der Waals surface area (Å²) in [5.74, 6) is -1.82. The first-order valence-corrected chi connectivity index (χ1v) is 4.35. The molecule has 2 N–H and O–H groups in total. The lowest BCUT2D eigenvalue weighted by Gasteiger charge is -2.19. The van der Waals surface area contributed by atoms with Gasteiger partial charge in [0.05, 0.1) is 6.04 Å². The maximum absolute atomic E-state index is 12.9. The third-order valence-electron chi connectivity index (χ3n) is 2.09. The average Bonchev–Trinajstić information content (AvgIpc) is 2.22. The Morgan fingerprint density at radius 2 is 2.00 bits per heavy atom. The van der Waals surface area contributed by atoms with Gasteiger partial charge < -0.3 is 10.6 Å². The Morgan fingerprint density at radius 1 is 1.20 bits per heavy atom. The van der Waals surface area contributed by atoms with E-state index >= 15 is 0 Å². The van der Waals surface area contributed by atoms with Crippen LogP contribution in [0.1, 0.15) is 11.6 Å². The quantitative estimate of drug-likeness (QED) is 0.729. The van der Waals surface area contributed by atoms with Crippen LogP contribution in [0.4, 0.5) is 13.6 Å². The Hall–Kier alpha value is -1.91. The third kappa shape index (κ3) is 1.96. The van der Waals surface area contributed by atoms with Crippen LogP contribution in [0.3, 0.4) is 0 Å². The Labute approximate surface area is 84.8 Å². The number of carbonyl (C=O) groups excluding carboxylic acids is 1. The van der Waals surface area contributed by atoms with E-state index in [9.17, 15) is 13.6 Å². The number of hydrogen-bond donors (Lipinski definition) is 2. The zero-order valence-electron chi connectivity index (χ0n) is 7.63. The van der Waals surface area contributed by atoms with Gasteiger partial charge in [0.15, 0.2) is 11.6 Å². The molecule has 0 aliphatic carbocycles. The molecule has 3 nitrogen and oxygen atoms in total. The van der Waals surface area contributed by atoms with Gasteiger partial charge in [0.1, 0.15) is 0 Å². The highest BCUT2D eigenvalue weighted by Gasteiger charge is 2.15. The Balaban J connectivity index is 2.29. The topological polar surface area (TPSA) is 41.1 Å². The van der Waals surface area contributed by atoms with E-state index in [-0.39, 0.29) is 6.03 Å². The van der Waals surface area contributed by atoms with Crippen LogP contribution in [-0.2, 0) is 0 Å². The van der Waals surface area contributed by atoms with Crippen LogP contribution in [0.15, 0.2) is 30.5 Å². The van der Waals surface area contributed by atoms with Gasteiger partial charge >= 0.3 is 6.03 Å². The summed E-state index contributed by atoms with van der Waals surface area (Å²) >= 11 is 0. The van der Waals surface area contributed by atoms with Crippen LogP contribution in [0.25, 0.3) is 0 Å². The van der Waals surface area contributed by atoms with Crippen molar-refractivity contribution in [2.45, 2.75) is 6.04 Å². The van der Waals surface area contributed by atoms with Crippen LogP contribution in [-0.4, -0.2) is 6.03 Å². The first-order valence-electron chi connectivity index (χ1n) is 4.35. The summed E-state index contributed by atoms with van der Waals surface area (Å²) < 4.78 is 25.6. The summed E-state index contributed by atoms with van der Waals surface area (Å²) in [6, 6.07) is 2.74.